The Morgan fingerprint density at radius 1 is 1.14 bits per heavy atom. The van der Waals surface area contributed by atoms with E-state index in [1.165, 1.54) is 18.5 Å². The van der Waals surface area contributed by atoms with Gasteiger partial charge in [-0.2, -0.15) is 4.99 Å². The van der Waals surface area contributed by atoms with Crippen LogP contribution in [0.15, 0.2) is 71.3 Å². The molecule has 186 valence electrons. The summed E-state index contributed by atoms with van der Waals surface area (Å²) in [6.45, 7) is 1.22. The van der Waals surface area contributed by atoms with Gasteiger partial charge in [-0.05, 0) is 42.8 Å². The summed E-state index contributed by atoms with van der Waals surface area (Å²) in [5.74, 6) is -3.95. The number of nitrogens with one attached hydrogen (secondary N) is 4. The molecule has 1 aliphatic rings. The zero-order valence-electron chi connectivity index (χ0n) is 19.3. The molecular weight excluding hydrogens is 475 g/mol. The van der Waals surface area contributed by atoms with Gasteiger partial charge in [-0.1, -0.05) is 0 Å². The van der Waals surface area contributed by atoms with Crippen molar-refractivity contribution in [2.75, 3.05) is 11.9 Å². The molecule has 9 nitrogen and oxygen atoms in total. The van der Waals surface area contributed by atoms with Gasteiger partial charge in [-0.3, -0.25) is 20.0 Å². The van der Waals surface area contributed by atoms with E-state index < -0.39 is 30.0 Å². The van der Waals surface area contributed by atoms with Gasteiger partial charge < -0.3 is 16.0 Å². The molecule has 1 aromatic carbocycles. The maximum atomic E-state index is 14.4. The Hall–Kier alpha value is -4.74. The van der Waals surface area contributed by atoms with E-state index in [1.54, 1.807) is 38.4 Å². The largest absolute Gasteiger partial charge is 0.393 e. The number of allylic oxidation sites excluding steroid dienone is 4. The van der Waals surface area contributed by atoms with Crippen molar-refractivity contribution in [3.63, 3.8) is 0 Å². The van der Waals surface area contributed by atoms with E-state index >= 15 is 0 Å². The molecule has 0 radical (unpaired) electrons. The highest BCUT2D eigenvalue weighted by atomic mass is 19.2. The topological polar surface area (TPSA) is 123 Å². The third kappa shape index (κ3) is 6.44. The zero-order chi connectivity index (χ0) is 26.2. The smallest absolute Gasteiger partial charge is 0.351 e. The van der Waals surface area contributed by atoms with Crippen LogP contribution in [0.1, 0.15) is 11.1 Å². The molecule has 4 N–H and O–H groups in total. The fraction of sp³-hybridized carbons (Fsp3) is 0.125. The van der Waals surface area contributed by atoms with Crippen molar-refractivity contribution in [1.29, 1.82) is 5.41 Å². The van der Waals surface area contributed by atoms with Gasteiger partial charge in [-0.25, -0.2) is 18.0 Å². The predicted molar refractivity (Wildman–Crippen MR) is 129 cm³/mol. The van der Waals surface area contributed by atoms with Crippen LogP contribution in [0.5, 0.6) is 0 Å². The Labute approximate surface area is 204 Å². The Kier molecular flexibility index (Phi) is 8.34. The fourth-order valence-electron chi connectivity index (χ4n) is 3.17. The van der Waals surface area contributed by atoms with Crippen molar-refractivity contribution in [3.8, 4) is 0 Å². The number of rotatable bonds is 6. The minimum absolute atomic E-state index is 0.211. The SMILES string of the molecule is CN/C=C1/C=C(N/C(=N/C(=O)N(Cc2cc(F)c(F)cc2F)c2cncc(C)c2)NC=O)C=CC1=N. The first-order valence-electron chi connectivity index (χ1n) is 10.5. The lowest BCUT2D eigenvalue weighted by Gasteiger charge is -2.22. The summed E-state index contributed by atoms with van der Waals surface area (Å²) in [6, 6.07) is 1.66. The number of hydrogen-bond acceptors (Lipinski definition) is 5. The highest BCUT2D eigenvalue weighted by molar-refractivity contribution is 6.10. The summed E-state index contributed by atoms with van der Waals surface area (Å²) in [7, 11) is 1.67. The molecule has 0 atom stereocenters. The molecule has 1 heterocycles. The molecule has 0 spiro atoms. The Morgan fingerprint density at radius 3 is 2.58 bits per heavy atom. The van der Waals surface area contributed by atoms with Crippen molar-refractivity contribution in [3.05, 3.63) is 94.9 Å². The van der Waals surface area contributed by atoms with Gasteiger partial charge >= 0.3 is 6.03 Å². The highest BCUT2D eigenvalue weighted by Gasteiger charge is 2.21. The van der Waals surface area contributed by atoms with Gasteiger partial charge in [0.25, 0.3) is 0 Å². The highest BCUT2D eigenvalue weighted by Crippen LogP contribution is 2.22. The number of carbonyl (C=O) groups is 2. The minimum Gasteiger partial charge on any atom is -0.393 e. The molecule has 12 heteroatoms. The Morgan fingerprint density at radius 2 is 1.89 bits per heavy atom. The van der Waals surface area contributed by atoms with Crippen molar-refractivity contribution < 1.29 is 22.8 Å². The molecule has 2 aromatic rings. The summed E-state index contributed by atoms with van der Waals surface area (Å²) in [6.07, 6.45) is 9.38. The number of guanidine groups is 1. The molecule has 1 aliphatic carbocycles. The molecule has 0 fully saturated rings. The lowest BCUT2D eigenvalue weighted by atomic mass is 10.0. The Bertz CT molecular complexity index is 1320. The molecule has 1 aromatic heterocycles. The molecular formula is C24H22F3N7O2. The summed E-state index contributed by atoms with van der Waals surface area (Å²) >= 11 is 0. The summed E-state index contributed by atoms with van der Waals surface area (Å²) in [5, 5.41) is 15.8. The van der Waals surface area contributed by atoms with Gasteiger partial charge in [0.2, 0.25) is 12.4 Å². The molecule has 0 bridgehead atoms. The zero-order valence-corrected chi connectivity index (χ0v) is 19.3. The van der Waals surface area contributed by atoms with E-state index in [0.717, 1.165) is 4.90 Å². The summed E-state index contributed by atoms with van der Waals surface area (Å²) in [5.41, 5.74) is 1.76. The number of hydrogen-bond donors (Lipinski definition) is 4. The number of benzene rings is 1. The van der Waals surface area contributed by atoms with E-state index in [4.69, 9.17) is 5.41 Å². The third-order valence-corrected chi connectivity index (χ3v) is 4.84. The van der Waals surface area contributed by atoms with Crippen molar-refractivity contribution in [1.82, 2.24) is 20.9 Å². The van der Waals surface area contributed by atoms with Crippen LogP contribution in [-0.2, 0) is 11.3 Å². The van der Waals surface area contributed by atoms with Gasteiger partial charge in [-0.15, -0.1) is 0 Å². The lowest BCUT2D eigenvalue weighted by Crippen LogP contribution is -2.39. The number of anilines is 1. The Balaban J connectivity index is 1.97. The van der Waals surface area contributed by atoms with Crippen LogP contribution in [0.25, 0.3) is 0 Å². The number of carbonyl (C=O) groups excluding carboxylic acids is 2. The fourth-order valence-corrected chi connectivity index (χ4v) is 3.17. The molecule has 3 amide bonds. The first-order valence-corrected chi connectivity index (χ1v) is 10.5. The second kappa shape index (κ2) is 11.6. The van der Waals surface area contributed by atoms with E-state index in [1.807, 2.05) is 0 Å². The van der Waals surface area contributed by atoms with Crippen LogP contribution in [0.4, 0.5) is 23.7 Å². The standard InChI is InChI=1S/C24H22F3N7O2/c1-14-5-18(11-30-9-14)34(12-16-7-20(26)21(27)8-19(16)25)24(36)33-23(31-13-35)32-17-3-4-22(28)15(6-17)10-29-2/h3-11,13,28-29H,12H2,1-2H3,(H2,31,32,33,35,36)/b15-10-,28-22?. The van der Waals surface area contributed by atoms with Gasteiger partial charge in [0.15, 0.2) is 11.6 Å². The molecule has 0 aliphatic heterocycles. The number of aliphatic imine (C=N–C) groups is 1. The molecule has 0 saturated carbocycles. The minimum atomic E-state index is -1.36. The van der Waals surface area contributed by atoms with Crippen LogP contribution in [0.2, 0.25) is 0 Å². The maximum absolute atomic E-state index is 14.4. The first kappa shape index (κ1) is 25.9. The van der Waals surface area contributed by atoms with Gasteiger partial charge in [0.05, 0.1) is 24.1 Å². The van der Waals surface area contributed by atoms with Crippen molar-refractivity contribution in [2.24, 2.45) is 4.99 Å². The summed E-state index contributed by atoms with van der Waals surface area (Å²) < 4.78 is 41.5. The molecule has 3 rings (SSSR count). The third-order valence-electron chi connectivity index (χ3n) is 4.84. The van der Waals surface area contributed by atoms with E-state index in [9.17, 15) is 22.8 Å². The van der Waals surface area contributed by atoms with Crippen molar-refractivity contribution in [2.45, 2.75) is 13.5 Å². The molecule has 0 unspecified atom stereocenters. The molecule has 0 saturated heterocycles. The average molecular weight is 497 g/mol. The van der Waals surface area contributed by atoms with Crippen LogP contribution in [-0.4, -0.2) is 36.1 Å². The van der Waals surface area contributed by atoms with Gasteiger partial charge in [0.1, 0.15) is 5.82 Å². The quantitative estimate of drug-likeness (QED) is 0.211. The van der Waals surface area contributed by atoms with E-state index in [0.29, 0.717) is 35.4 Å². The number of nitrogens with zero attached hydrogens (tertiary/aromatic N) is 3. The number of aromatic nitrogens is 1. The van der Waals surface area contributed by atoms with Crippen LogP contribution in [0, 0.1) is 29.8 Å². The second-order valence-corrected chi connectivity index (χ2v) is 7.53. The van der Waals surface area contributed by atoms with E-state index in [-0.39, 0.29) is 22.9 Å². The maximum Gasteiger partial charge on any atom is 0.351 e. The lowest BCUT2D eigenvalue weighted by molar-refractivity contribution is -0.108. The number of amides is 3. The monoisotopic (exact) mass is 497 g/mol. The predicted octanol–water partition coefficient (Wildman–Crippen LogP) is 3.20. The molecule has 36 heavy (non-hydrogen) atoms. The first-order chi connectivity index (χ1) is 17.2. The van der Waals surface area contributed by atoms with Crippen LogP contribution in [0.3, 0.4) is 0 Å². The number of pyridine rings is 1. The van der Waals surface area contributed by atoms with Crippen molar-refractivity contribution >= 4 is 29.8 Å². The van der Waals surface area contributed by atoms with Gasteiger partial charge in [0, 0.05) is 42.3 Å². The number of aryl methyl sites for hydroxylation is 1. The van der Waals surface area contributed by atoms with Crippen LogP contribution >= 0.6 is 0 Å². The number of urea groups is 1. The number of halogens is 3. The summed E-state index contributed by atoms with van der Waals surface area (Å²) in [4.78, 5) is 33.3. The van der Waals surface area contributed by atoms with E-state index in [2.05, 4.69) is 25.9 Å². The average Bonchev–Trinajstić information content (AvgIpc) is 2.83. The second-order valence-electron chi connectivity index (χ2n) is 7.53. The normalized spacial score (nSPS) is 14.4. The van der Waals surface area contributed by atoms with Crippen LogP contribution < -0.4 is 20.9 Å².